The number of fused-ring (bicyclic) bond motifs is 1. The Morgan fingerprint density at radius 1 is 0.788 bits per heavy atom. The highest BCUT2D eigenvalue weighted by molar-refractivity contribution is 5.98. The number of aryl methyl sites for hydroxylation is 1. The van der Waals surface area contributed by atoms with E-state index in [1.54, 1.807) is 21.9 Å². The molecule has 2 heterocycles. The number of carbonyl (C=O) groups excluding carboxylic acids is 2. The number of benzene rings is 3. The third-order valence-corrected chi connectivity index (χ3v) is 6.20. The van der Waals surface area contributed by atoms with Crippen molar-refractivity contribution in [2.45, 2.75) is 6.92 Å². The summed E-state index contributed by atoms with van der Waals surface area (Å²) in [6.07, 6.45) is 0. The smallest absolute Gasteiger partial charge is 0.270 e. The van der Waals surface area contributed by atoms with E-state index < -0.39 is 5.82 Å². The van der Waals surface area contributed by atoms with Crippen LogP contribution >= 0.6 is 0 Å². The van der Waals surface area contributed by atoms with E-state index in [9.17, 15) is 14.0 Å². The van der Waals surface area contributed by atoms with Gasteiger partial charge >= 0.3 is 0 Å². The molecule has 0 saturated carbocycles. The fourth-order valence-corrected chi connectivity index (χ4v) is 4.26. The summed E-state index contributed by atoms with van der Waals surface area (Å²) in [6.45, 7) is 3.54. The molecule has 0 aliphatic carbocycles. The summed E-state index contributed by atoms with van der Waals surface area (Å²) in [7, 11) is 0. The van der Waals surface area contributed by atoms with Crippen LogP contribution in [0.25, 0.3) is 22.0 Å². The molecule has 1 saturated heterocycles. The molecule has 0 atom stereocenters. The number of piperazine rings is 1. The van der Waals surface area contributed by atoms with E-state index in [1.165, 1.54) is 6.07 Å². The minimum absolute atomic E-state index is 0.0567. The van der Waals surface area contributed by atoms with Crippen molar-refractivity contribution in [3.05, 3.63) is 95.4 Å². The number of aromatic amines is 1. The van der Waals surface area contributed by atoms with Crippen molar-refractivity contribution in [2.75, 3.05) is 26.2 Å². The molecule has 5 nitrogen and oxygen atoms in total. The molecule has 0 spiro atoms. The maximum absolute atomic E-state index is 14.8. The van der Waals surface area contributed by atoms with Crippen LogP contribution in [-0.2, 0) is 0 Å². The molecule has 1 N–H and O–H groups in total. The molecule has 1 aromatic heterocycles. The Morgan fingerprint density at radius 3 is 2.09 bits per heavy atom. The Bertz CT molecular complexity index is 1300. The van der Waals surface area contributed by atoms with Crippen LogP contribution in [0.2, 0.25) is 0 Å². The molecule has 1 aliphatic heterocycles. The van der Waals surface area contributed by atoms with E-state index in [2.05, 4.69) is 4.98 Å². The monoisotopic (exact) mass is 441 g/mol. The zero-order chi connectivity index (χ0) is 22.9. The molecule has 6 heteroatoms. The minimum atomic E-state index is -0.533. The van der Waals surface area contributed by atoms with Crippen LogP contribution in [0.15, 0.2) is 72.8 Å². The number of H-pyrrole nitrogens is 1. The first-order chi connectivity index (χ1) is 16.0. The van der Waals surface area contributed by atoms with Crippen LogP contribution in [0, 0.1) is 12.7 Å². The topological polar surface area (TPSA) is 56.4 Å². The largest absolute Gasteiger partial charge is 0.351 e. The van der Waals surface area contributed by atoms with Crippen LogP contribution in [0.4, 0.5) is 4.39 Å². The maximum atomic E-state index is 14.8. The van der Waals surface area contributed by atoms with Crippen molar-refractivity contribution in [3.8, 4) is 11.1 Å². The summed E-state index contributed by atoms with van der Waals surface area (Å²) in [5, 5.41) is 0.985. The van der Waals surface area contributed by atoms with Gasteiger partial charge in [-0.05, 0) is 42.3 Å². The SMILES string of the molecule is Cc1ccc(-c2ccc(C(=O)N3CCN(C(=O)c4cc5ccccc5[nH]4)CC3)c(F)c2)cc1. The number of nitrogens with zero attached hydrogens (tertiary/aromatic N) is 2. The molecule has 0 bridgehead atoms. The second kappa shape index (κ2) is 8.54. The molecule has 5 rings (SSSR count). The lowest BCUT2D eigenvalue weighted by atomic mass is 10.0. The third-order valence-electron chi connectivity index (χ3n) is 6.20. The van der Waals surface area contributed by atoms with Crippen LogP contribution in [0.5, 0.6) is 0 Å². The molecule has 4 aromatic rings. The van der Waals surface area contributed by atoms with E-state index in [1.807, 2.05) is 61.5 Å². The first-order valence-electron chi connectivity index (χ1n) is 11.0. The Kier molecular flexibility index (Phi) is 5.42. The highest BCUT2D eigenvalue weighted by atomic mass is 19.1. The molecule has 1 aliphatic rings. The van der Waals surface area contributed by atoms with Gasteiger partial charge in [-0.3, -0.25) is 9.59 Å². The molecule has 3 aromatic carbocycles. The van der Waals surface area contributed by atoms with Gasteiger partial charge in [-0.2, -0.15) is 0 Å². The fourth-order valence-electron chi connectivity index (χ4n) is 4.26. The van der Waals surface area contributed by atoms with Crippen molar-refractivity contribution in [1.82, 2.24) is 14.8 Å². The first-order valence-corrected chi connectivity index (χ1v) is 11.0. The average Bonchev–Trinajstić information content (AvgIpc) is 3.28. The molecule has 2 amide bonds. The van der Waals surface area contributed by atoms with Crippen molar-refractivity contribution < 1.29 is 14.0 Å². The third kappa shape index (κ3) is 4.12. The van der Waals surface area contributed by atoms with Gasteiger partial charge in [0.2, 0.25) is 0 Å². The Labute approximate surface area is 191 Å². The van der Waals surface area contributed by atoms with Crippen molar-refractivity contribution in [2.24, 2.45) is 0 Å². The van der Waals surface area contributed by atoms with Gasteiger partial charge in [0.15, 0.2) is 0 Å². The van der Waals surface area contributed by atoms with E-state index in [4.69, 9.17) is 0 Å². The van der Waals surface area contributed by atoms with Crippen LogP contribution in [-0.4, -0.2) is 52.8 Å². The van der Waals surface area contributed by atoms with Gasteiger partial charge in [-0.15, -0.1) is 0 Å². The summed E-state index contributed by atoms with van der Waals surface area (Å²) < 4.78 is 14.8. The number of halogens is 1. The summed E-state index contributed by atoms with van der Waals surface area (Å²) >= 11 is 0. The Balaban J connectivity index is 1.25. The van der Waals surface area contributed by atoms with Crippen LogP contribution < -0.4 is 0 Å². The zero-order valence-electron chi connectivity index (χ0n) is 18.3. The number of hydrogen-bond donors (Lipinski definition) is 1. The summed E-state index contributed by atoms with van der Waals surface area (Å²) in [6, 6.07) is 22.2. The fraction of sp³-hybridized carbons (Fsp3) is 0.185. The number of amides is 2. The number of hydrogen-bond acceptors (Lipinski definition) is 2. The van der Waals surface area contributed by atoms with Gasteiger partial charge in [0.1, 0.15) is 11.5 Å². The number of carbonyl (C=O) groups is 2. The quantitative estimate of drug-likeness (QED) is 0.493. The van der Waals surface area contributed by atoms with Crippen LogP contribution in [0.3, 0.4) is 0 Å². The van der Waals surface area contributed by atoms with E-state index in [-0.39, 0.29) is 17.4 Å². The number of nitrogens with one attached hydrogen (secondary N) is 1. The highest BCUT2D eigenvalue weighted by Gasteiger charge is 2.27. The highest BCUT2D eigenvalue weighted by Crippen LogP contribution is 2.24. The zero-order valence-corrected chi connectivity index (χ0v) is 18.3. The lowest BCUT2D eigenvalue weighted by molar-refractivity contribution is 0.0530. The predicted octanol–water partition coefficient (Wildman–Crippen LogP) is 4.88. The molecule has 1 fully saturated rings. The number of para-hydroxylation sites is 1. The minimum Gasteiger partial charge on any atom is -0.351 e. The Hall–Kier alpha value is -3.93. The van der Waals surface area contributed by atoms with Gasteiger partial charge in [-0.25, -0.2) is 4.39 Å². The average molecular weight is 442 g/mol. The summed E-state index contributed by atoms with van der Waals surface area (Å²) in [4.78, 5) is 32.3. The van der Waals surface area contributed by atoms with Gasteiger partial charge < -0.3 is 14.8 Å². The second-order valence-electron chi connectivity index (χ2n) is 8.42. The molecule has 33 heavy (non-hydrogen) atoms. The Morgan fingerprint density at radius 2 is 1.42 bits per heavy atom. The van der Waals surface area contributed by atoms with Crippen molar-refractivity contribution in [1.29, 1.82) is 0 Å². The first kappa shape index (κ1) is 20.9. The second-order valence-corrected chi connectivity index (χ2v) is 8.42. The molecule has 0 unspecified atom stereocenters. The molecular formula is C27H24FN3O2. The van der Waals surface area contributed by atoms with Crippen molar-refractivity contribution >= 4 is 22.7 Å². The van der Waals surface area contributed by atoms with E-state index >= 15 is 0 Å². The normalized spacial score (nSPS) is 14.0. The van der Waals surface area contributed by atoms with Crippen molar-refractivity contribution in [3.63, 3.8) is 0 Å². The maximum Gasteiger partial charge on any atom is 0.270 e. The standard InChI is InChI=1S/C27H24FN3O2/c1-18-6-8-19(9-7-18)20-10-11-22(23(28)16-20)26(32)30-12-14-31(15-13-30)27(33)25-17-21-4-2-3-5-24(21)29-25/h2-11,16-17,29H,12-15H2,1H3. The summed E-state index contributed by atoms with van der Waals surface area (Å²) in [5.41, 5.74) is 4.28. The number of aromatic nitrogens is 1. The number of rotatable bonds is 3. The van der Waals surface area contributed by atoms with Gasteiger partial charge in [0.25, 0.3) is 11.8 Å². The molecular weight excluding hydrogens is 417 g/mol. The van der Waals surface area contributed by atoms with Crippen LogP contribution in [0.1, 0.15) is 26.4 Å². The molecule has 166 valence electrons. The van der Waals surface area contributed by atoms with Gasteiger partial charge in [0.05, 0.1) is 5.56 Å². The molecule has 0 radical (unpaired) electrons. The lowest BCUT2D eigenvalue weighted by Crippen LogP contribution is -2.50. The summed E-state index contributed by atoms with van der Waals surface area (Å²) in [5.74, 6) is -0.970. The van der Waals surface area contributed by atoms with E-state index in [0.29, 0.717) is 31.9 Å². The predicted molar refractivity (Wildman–Crippen MR) is 127 cm³/mol. The lowest BCUT2D eigenvalue weighted by Gasteiger charge is -2.34. The van der Waals surface area contributed by atoms with Gasteiger partial charge in [0, 0.05) is 37.1 Å². The van der Waals surface area contributed by atoms with Gasteiger partial charge in [-0.1, -0.05) is 54.1 Å². The van der Waals surface area contributed by atoms with E-state index in [0.717, 1.165) is 27.6 Å².